The van der Waals surface area contributed by atoms with Crippen molar-refractivity contribution in [1.29, 1.82) is 0 Å². The second-order valence-electron chi connectivity index (χ2n) is 5.99. The number of hydrogen-bond donors (Lipinski definition) is 1. The van der Waals surface area contributed by atoms with Gasteiger partial charge in [-0.25, -0.2) is 4.79 Å². The molecule has 0 saturated heterocycles. The maximum Gasteiger partial charge on any atom is 0.416 e. The van der Waals surface area contributed by atoms with E-state index in [-0.39, 0.29) is 28.9 Å². The summed E-state index contributed by atoms with van der Waals surface area (Å²) in [6, 6.07) is 4.31. The SMILES string of the molecule is COc1ccc(C(=O)OCC(=O)Nc2ccc(C(F)(F)F)cc2[N+](=O)[O-])c(OC)c1OC. The Morgan fingerprint density at radius 2 is 1.69 bits per heavy atom. The first-order valence-corrected chi connectivity index (χ1v) is 8.65. The van der Waals surface area contributed by atoms with Gasteiger partial charge in [0.05, 0.1) is 31.8 Å². The summed E-state index contributed by atoms with van der Waals surface area (Å²) in [4.78, 5) is 34.4. The topological polar surface area (TPSA) is 126 Å². The average molecular weight is 458 g/mol. The lowest BCUT2D eigenvalue weighted by atomic mass is 10.1. The molecule has 172 valence electrons. The number of esters is 1. The molecule has 0 saturated carbocycles. The molecule has 0 spiro atoms. The monoisotopic (exact) mass is 458 g/mol. The normalized spacial score (nSPS) is 10.8. The number of rotatable bonds is 8. The predicted octanol–water partition coefficient (Wildman–Crippen LogP) is 3.43. The molecule has 0 radical (unpaired) electrons. The summed E-state index contributed by atoms with van der Waals surface area (Å²) < 4.78 is 58.5. The van der Waals surface area contributed by atoms with Crippen molar-refractivity contribution in [2.24, 2.45) is 0 Å². The Bertz CT molecular complexity index is 1040. The summed E-state index contributed by atoms with van der Waals surface area (Å²) in [5.74, 6) is -1.64. The van der Waals surface area contributed by atoms with E-state index in [1.54, 1.807) is 0 Å². The third-order valence-corrected chi connectivity index (χ3v) is 4.05. The molecule has 10 nitrogen and oxygen atoms in total. The molecule has 2 aromatic carbocycles. The van der Waals surface area contributed by atoms with Crippen molar-refractivity contribution in [3.63, 3.8) is 0 Å². The quantitative estimate of drug-likeness (QED) is 0.362. The van der Waals surface area contributed by atoms with E-state index in [1.165, 1.54) is 33.5 Å². The molecule has 1 amide bonds. The molecule has 0 aliphatic carbocycles. The summed E-state index contributed by atoms with van der Waals surface area (Å²) >= 11 is 0. The number of nitro benzene ring substituents is 1. The summed E-state index contributed by atoms with van der Waals surface area (Å²) in [6.45, 7) is -0.880. The van der Waals surface area contributed by atoms with E-state index in [2.05, 4.69) is 0 Å². The van der Waals surface area contributed by atoms with Crippen LogP contribution in [-0.2, 0) is 15.7 Å². The van der Waals surface area contributed by atoms with Gasteiger partial charge in [0.25, 0.3) is 11.6 Å². The Kier molecular flexibility index (Phi) is 7.46. The smallest absolute Gasteiger partial charge is 0.416 e. The largest absolute Gasteiger partial charge is 0.493 e. The number of nitrogens with one attached hydrogen (secondary N) is 1. The standard InChI is InChI=1S/C19H17F3N2O8/c1-29-14-7-5-11(16(30-2)17(14)31-3)18(26)32-9-15(25)23-12-6-4-10(19(20,21)22)8-13(12)24(27)28/h4-8H,9H2,1-3H3,(H,23,25). The highest BCUT2D eigenvalue weighted by Gasteiger charge is 2.33. The highest BCUT2D eigenvalue weighted by atomic mass is 19.4. The molecule has 2 aromatic rings. The number of halogens is 3. The van der Waals surface area contributed by atoms with Crippen LogP contribution < -0.4 is 19.5 Å². The van der Waals surface area contributed by atoms with E-state index in [1.807, 2.05) is 5.32 Å². The number of hydrogen-bond acceptors (Lipinski definition) is 8. The van der Waals surface area contributed by atoms with Crippen molar-refractivity contribution in [2.45, 2.75) is 6.18 Å². The van der Waals surface area contributed by atoms with E-state index in [4.69, 9.17) is 18.9 Å². The summed E-state index contributed by atoms with van der Waals surface area (Å²) in [6.07, 6.45) is -4.80. The van der Waals surface area contributed by atoms with Gasteiger partial charge in [-0.05, 0) is 24.3 Å². The summed E-state index contributed by atoms with van der Waals surface area (Å²) in [5, 5.41) is 13.1. The van der Waals surface area contributed by atoms with Crippen LogP contribution in [0.3, 0.4) is 0 Å². The molecule has 32 heavy (non-hydrogen) atoms. The lowest BCUT2D eigenvalue weighted by molar-refractivity contribution is -0.384. The molecule has 0 aliphatic heterocycles. The van der Waals surface area contributed by atoms with Crippen LogP contribution >= 0.6 is 0 Å². The van der Waals surface area contributed by atoms with Gasteiger partial charge < -0.3 is 24.3 Å². The van der Waals surface area contributed by atoms with E-state index >= 15 is 0 Å². The number of carbonyl (C=O) groups is 2. The van der Waals surface area contributed by atoms with Crippen LogP contribution in [0.4, 0.5) is 24.5 Å². The van der Waals surface area contributed by atoms with Crippen LogP contribution in [0.5, 0.6) is 17.2 Å². The number of anilines is 1. The Morgan fingerprint density at radius 3 is 2.22 bits per heavy atom. The molecule has 0 fully saturated rings. The van der Waals surface area contributed by atoms with Gasteiger partial charge in [0.2, 0.25) is 5.75 Å². The van der Waals surface area contributed by atoms with Gasteiger partial charge in [-0.1, -0.05) is 0 Å². The molecule has 2 rings (SSSR count). The first kappa shape index (κ1) is 24.2. The minimum Gasteiger partial charge on any atom is -0.493 e. The maximum atomic E-state index is 12.8. The Labute approximate surface area is 179 Å². The number of amides is 1. The summed E-state index contributed by atoms with van der Waals surface area (Å²) in [5.41, 5.74) is -2.82. The highest BCUT2D eigenvalue weighted by Crippen LogP contribution is 2.40. The fraction of sp³-hybridized carbons (Fsp3) is 0.263. The summed E-state index contributed by atoms with van der Waals surface area (Å²) in [7, 11) is 3.96. The van der Waals surface area contributed by atoms with Gasteiger partial charge >= 0.3 is 12.1 Å². The lowest BCUT2D eigenvalue weighted by Gasteiger charge is -2.15. The molecule has 0 heterocycles. The molecule has 0 aliphatic rings. The second-order valence-corrected chi connectivity index (χ2v) is 5.99. The number of methoxy groups -OCH3 is 3. The maximum absolute atomic E-state index is 12.8. The number of benzene rings is 2. The minimum absolute atomic E-state index is 0.0179. The fourth-order valence-corrected chi connectivity index (χ4v) is 2.62. The van der Waals surface area contributed by atoms with Gasteiger partial charge in [-0.3, -0.25) is 14.9 Å². The number of carbonyl (C=O) groups excluding carboxylic acids is 2. The predicted molar refractivity (Wildman–Crippen MR) is 103 cm³/mol. The second kappa shape index (κ2) is 9.85. The van der Waals surface area contributed by atoms with Crippen LogP contribution in [0.15, 0.2) is 30.3 Å². The molecular formula is C19H17F3N2O8. The zero-order valence-electron chi connectivity index (χ0n) is 16.9. The van der Waals surface area contributed by atoms with Crippen LogP contribution in [0.1, 0.15) is 15.9 Å². The van der Waals surface area contributed by atoms with Crippen LogP contribution in [0.25, 0.3) is 0 Å². The fourth-order valence-electron chi connectivity index (χ4n) is 2.62. The van der Waals surface area contributed by atoms with Crippen molar-refractivity contribution < 1.29 is 46.6 Å². The van der Waals surface area contributed by atoms with E-state index in [0.717, 1.165) is 6.07 Å². The van der Waals surface area contributed by atoms with Crippen molar-refractivity contribution in [3.8, 4) is 17.2 Å². The zero-order chi connectivity index (χ0) is 24.1. The number of alkyl halides is 3. The van der Waals surface area contributed by atoms with E-state index < -0.39 is 46.5 Å². The molecular weight excluding hydrogens is 441 g/mol. The van der Waals surface area contributed by atoms with Crippen molar-refractivity contribution in [1.82, 2.24) is 0 Å². The first-order valence-electron chi connectivity index (χ1n) is 8.65. The average Bonchev–Trinajstić information content (AvgIpc) is 2.75. The molecule has 0 atom stereocenters. The van der Waals surface area contributed by atoms with Gasteiger partial charge in [0.1, 0.15) is 11.3 Å². The van der Waals surface area contributed by atoms with E-state index in [0.29, 0.717) is 6.07 Å². The van der Waals surface area contributed by atoms with Crippen molar-refractivity contribution in [3.05, 3.63) is 51.6 Å². The number of ether oxygens (including phenoxy) is 4. The third kappa shape index (κ3) is 5.36. The lowest BCUT2D eigenvalue weighted by Crippen LogP contribution is -2.22. The molecule has 1 N–H and O–H groups in total. The molecule has 0 unspecified atom stereocenters. The first-order chi connectivity index (χ1) is 15.0. The molecule has 0 bridgehead atoms. The van der Waals surface area contributed by atoms with Crippen LogP contribution in [0.2, 0.25) is 0 Å². The minimum atomic E-state index is -4.80. The van der Waals surface area contributed by atoms with Gasteiger partial charge in [0.15, 0.2) is 18.1 Å². The number of nitro groups is 1. The zero-order valence-corrected chi connectivity index (χ0v) is 16.9. The molecule has 13 heteroatoms. The van der Waals surface area contributed by atoms with Crippen molar-refractivity contribution in [2.75, 3.05) is 33.3 Å². The Balaban J connectivity index is 2.16. The number of nitrogens with zero attached hydrogens (tertiary/aromatic N) is 1. The highest BCUT2D eigenvalue weighted by molar-refractivity contribution is 5.98. The van der Waals surface area contributed by atoms with E-state index in [9.17, 15) is 32.9 Å². The van der Waals surface area contributed by atoms with Gasteiger partial charge in [-0.2, -0.15) is 13.2 Å². The van der Waals surface area contributed by atoms with Crippen LogP contribution in [0, 0.1) is 10.1 Å². The van der Waals surface area contributed by atoms with Gasteiger partial charge in [0, 0.05) is 6.07 Å². The van der Waals surface area contributed by atoms with Crippen LogP contribution in [-0.4, -0.2) is 44.7 Å². The Morgan fingerprint density at radius 1 is 1.03 bits per heavy atom. The van der Waals surface area contributed by atoms with Crippen molar-refractivity contribution >= 4 is 23.3 Å². The third-order valence-electron chi connectivity index (χ3n) is 4.05. The Hall–Kier alpha value is -4.03. The molecule has 0 aromatic heterocycles. The van der Waals surface area contributed by atoms with Gasteiger partial charge in [-0.15, -0.1) is 0 Å².